The van der Waals surface area contributed by atoms with Gasteiger partial charge in [0.15, 0.2) is 0 Å². The number of hydrogen-bond acceptors (Lipinski definition) is 3. The lowest BCUT2D eigenvalue weighted by atomic mass is 10.1. The van der Waals surface area contributed by atoms with Crippen molar-refractivity contribution < 1.29 is 9.84 Å². The molecule has 3 heteroatoms. The first kappa shape index (κ1) is 12.6. The van der Waals surface area contributed by atoms with Gasteiger partial charge in [-0.15, -0.1) is 0 Å². The minimum absolute atomic E-state index is 0.565. The van der Waals surface area contributed by atoms with E-state index in [1.54, 1.807) is 13.1 Å². The number of hydrogen-bond donors (Lipinski definition) is 1. The summed E-state index contributed by atoms with van der Waals surface area (Å²) in [7, 11) is 0. The number of fused-ring (bicyclic) bond motifs is 1. The maximum absolute atomic E-state index is 9.76. The Hall–Kier alpha value is -2.39. The van der Waals surface area contributed by atoms with E-state index in [2.05, 4.69) is 4.98 Å². The van der Waals surface area contributed by atoms with Crippen molar-refractivity contribution in [2.75, 3.05) is 0 Å². The van der Waals surface area contributed by atoms with Gasteiger partial charge in [0.2, 0.25) is 0 Å². The van der Waals surface area contributed by atoms with Crippen LogP contribution in [0.4, 0.5) is 0 Å². The molecule has 0 spiro atoms. The normalized spacial score (nSPS) is 12.3. The third kappa shape index (κ3) is 2.49. The molecule has 0 saturated carbocycles. The number of rotatable bonds is 3. The van der Waals surface area contributed by atoms with Crippen molar-refractivity contribution in [1.29, 1.82) is 0 Å². The maximum Gasteiger partial charge on any atom is 0.133 e. The van der Waals surface area contributed by atoms with E-state index in [0.717, 1.165) is 16.5 Å². The summed E-state index contributed by atoms with van der Waals surface area (Å²) >= 11 is 0. The number of aromatic nitrogens is 1. The standard InChI is InChI=1S/C17H15NO2/c1-12(19)15-6-2-3-7-17(15)20-14-9-8-13-5-4-10-18-16(13)11-14/h2-12,19H,1H3. The SMILES string of the molecule is CC(O)c1ccccc1Oc1ccc2cccnc2c1. The van der Waals surface area contributed by atoms with Crippen LogP contribution in [0.1, 0.15) is 18.6 Å². The summed E-state index contributed by atoms with van der Waals surface area (Å²) in [4.78, 5) is 4.31. The lowest BCUT2D eigenvalue weighted by molar-refractivity contribution is 0.195. The molecule has 0 radical (unpaired) electrons. The van der Waals surface area contributed by atoms with Gasteiger partial charge in [0.25, 0.3) is 0 Å². The number of nitrogens with zero attached hydrogens (tertiary/aromatic N) is 1. The monoisotopic (exact) mass is 265 g/mol. The largest absolute Gasteiger partial charge is 0.457 e. The van der Waals surface area contributed by atoms with Gasteiger partial charge in [0.1, 0.15) is 11.5 Å². The summed E-state index contributed by atoms with van der Waals surface area (Å²) < 4.78 is 5.88. The zero-order chi connectivity index (χ0) is 13.9. The van der Waals surface area contributed by atoms with Gasteiger partial charge < -0.3 is 9.84 Å². The van der Waals surface area contributed by atoms with Gasteiger partial charge in [-0.2, -0.15) is 0 Å². The minimum Gasteiger partial charge on any atom is -0.457 e. The molecule has 1 N–H and O–H groups in total. The lowest BCUT2D eigenvalue weighted by Crippen LogP contribution is -1.95. The van der Waals surface area contributed by atoms with E-state index in [9.17, 15) is 5.11 Å². The Morgan fingerprint density at radius 3 is 2.75 bits per heavy atom. The van der Waals surface area contributed by atoms with Gasteiger partial charge >= 0.3 is 0 Å². The Morgan fingerprint density at radius 1 is 1.05 bits per heavy atom. The zero-order valence-electron chi connectivity index (χ0n) is 11.2. The first-order valence-corrected chi connectivity index (χ1v) is 6.54. The number of ether oxygens (including phenoxy) is 1. The third-order valence-corrected chi connectivity index (χ3v) is 3.17. The van der Waals surface area contributed by atoms with Crippen LogP contribution in [-0.4, -0.2) is 10.1 Å². The number of benzene rings is 2. The second kappa shape index (κ2) is 5.31. The van der Waals surface area contributed by atoms with Gasteiger partial charge in [-0.05, 0) is 31.2 Å². The Kier molecular flexibility index (Phi) is 3.35. The van der Waals surface area contributed by atoms with Crippen LogP contribution < -0.4 is 4.74 Å². The van der Waals surface area contributed by atoms with Crippen LogP contribution in [0, 0.1) is 0 Å². The molecule has 1 atom stereocenters. The first-order chi connectivity index (χ1) is 9.74. The van der Waals surface area contributed by atoms with Gasteiger partial charge in [-0.1, -0.05) is 24.3 Å². The highest BCUT2D eigenvalue weighted by molar-refractivity contribution is 5.79. The van der Waals surface area contributed by atoms with Crippen LogP contribution in [0.15, 0.2) is 60.8 Å². The highest BCUT2D eigenvalue weighted by atomic mass is 16.5. The Morgan fingerprint density at radius 2 is 1.90 bits per heavy atom. The highest BCUT2D eigenvalue weighted by Gasteiger charge is 2.09. The first-order valence-electron chi connectivity index (χ1n) is 6.54. The van der Waals surface area contributed by atoms with E-state index in [-0.39, 0.29) is 0 Å². The predicted octanol–water partition coefficient (Wildman–Crippen LogP) is 4.08. The third-order valence-electron chi connectivity index (χ3n) is 3.17. The molecule has 0 fully saturated rings. The van der Waals surface area contributed by atoms with Crippen molar-refractivity contribution in [2.24, 2.45) is 0 Å². The van der Waals surface area contributed by atoms with Crippen LogP contribution in [0.25, 0.3) is 10.9 Å². The summed E-state index contributed by atoms with van der Waals surface area (Å²) in [5.74, 6) is 1.38. The van der Waals surface area contributed by atoms with Crippen molar-refractivity contribution >= 4 is 10.9 Å². The fraction of sp³-hybridized carbons (Fsp3) is 0.118. The second-order valence-electron chi connectivity index (χ2n) is 4.67. The molecular weight excluding hydrogens is 250 g/mol. The van der Waals surface area contributed by atoms with Crippen LogP contribution in [0.5, 0.6) is 11.5 Å². The summed E-state index contributed by atoms with van der Waals surface area (Å²) in [5.41, 5.74) is 1.66. The summed E-state index contributed by atoms with van der Waals surface area (Å²) in [6.45, 7) is 1.73. The molecule has 100 valence electrons. The van der Waals surface area contributed by atoms with Crippen LogP contribution >= 0.6 is 0 Å². The number of pyridine rings is 1. The number of aliphatic hydroxyl groups is 1. The van der Waals surface area contributed by atoms with E-state index >= 15 is 0 Å². The molecule has 3 aromatic rings. The van der Waals surface area contributed by atoms with E-state index < -0.39 is 6.10 Å². The molecule has 0 saturated heterocycles. The summed E-state index contributed by atoms with van der Waals surface area (Å²) in [6, 6.07) is 17.2. The van der Waals surface area contributed by atoms with Crippen molar-refractivity contribution in [3.63, 3.8) is 0 Å². The van der Waals surface area contributed by atoms with E-state index in [1.165, 1.54) is 0 Å². The molecule has 0 bridgehead atoms. The molecule has 0 aliphatic carbocycles. The Bertz CT molecular complexity index is 738. The Labute approximate surface area is 117 Å². The molecular formula is C17H15NO2. The number of aliphatic hydroxyl groups excluding tert-OH is 1. The van der Waals surface area contributed by atoms with E-state index in [1.807, 2.05) is 54.6 Å². The van der Waals surface area contributed by atoms with Gasteiger partial charge in [0.05, 0.1) is 11.6 Å². The zero-order valence-corrected chi connectivity index (χ0v) is 11.2. The molecule has 0 aliphatic heterocycles. The fourth-order valence-electron chi connectivity index (χ4n) is 2.16. The van der Waals surface area contributed by atoms with Gasteiger partial charge in [-0.3, -0.25) is 4.98 Å². The molecule has 3 rings (SSSR count). The molecule has 3 nitrogen and oxygen atoms in total. The molecule has 1 heterocycles. The molecule has 1 unspecified atom stereocenters. The average Bonchev–Trinajstić information content (AvgIpc) is 2.47. The molecule has 2 aromatic carbocycles. The summed E-state index contributed by atoms with van der Waals surface area (Å²) in [6.07, 6.45) is 1.19. The van der Waals surface area contributed by atoms with E-state index in [0.29, 0.717) is 11.5 Å². The van der Waals surface area contributed by atoms with Gasteiger partial charge in [0, 0.05) is 23.2 Å². The van der Waals surface area contributed by atoms with Crippen LogP contribution in [0.2, 0.25) is 0 Å². The van der Waals surface area contributed by atoms with Crippen molar-refractivity contribution in [2.45, 2.75) is 13.0 Å². The highest BCUT2D eigenvalue weighted by Crippen LogP contribution is 2.30. The van der Waals surface area contributed by atoms with Crippen molar-refractivity contribution in [1.82, 2.24) is 4.98 Å². The predicted molar refractivity (Wildman–Crippen MR) is 78.9 cm³/mol. The average molecular weight is 265 g/mol. The quantitative estimate of drug-likeness (QED) is 0.775. The van der Waals surface area contributed by atoms with Crippen molar-refractivity contribution in [3.8, 4) is 11.5 Å². The topological polar surface area (TPSA) is 42.4 Å². The molecule has 1 aromatic heterocycles. The maximum atomic E-state index is 9.76. The Balaban J connectivity index is 1.97. The smallest absolute Gasteiger partial charge is 0.133 e. The molecule has 0 amide bonds. The second-order valence-corrected chi connectivity index (χ2v) is 4.67. The van der Waals surface area contributed by atoms with Crippen molar-refractivity contribution in [3.05, 3.63) is 66.4 Å². The fourth-order valence-corrected chi connectivity index (χ4v) is 2.16. The lowest BCUT2D eigenvalue weighted by Gasteiger charge is -2.13. The van der Waals surface area contributed by atoms with E-state index in [4.69, 9.17) is 4.74 Å². The van der Waals surface area contributed by atoms with Crippen LogP contribution in [0.3, 0.4) is 0 Å². The van der Waals surface area contributed by atoms with Gasteiger partial charge in [-0.25, -0.2) is 0 Å². The summed E-state index contributed by atoms with van der Waals surface area (Å²) in [5, 5.41) is 10.8. The molecule has 0 aliphatic rings. The molecule has 20 heavy (non-hydrogen) atoms. The minimum atomic E-state index is -0.565. The number of para-hydroxylation sites is 1. The van der Waals surface area contributed by atoms with Crippen LogP contribution in [-0.2, 0) is 0 Å².